The lowest BCUT2D eigenvalue weighted by atomic mass is 9.82. The Morgan fingerprint density at radius 3 is 2.44 bits per heavy atom. The average Bonchev–Trinajstić information content (AvgIpc) is 2.82. The summed E-state index contributed by atoms with van der Waals surface area (Å²) in [5.74, 6) is 1.29. The minimum Gasteiger partial charge on any atom is -0.337 e. The number of nitrogens with one attached hydrogen (secondary N) is 1. The number of fused-ring (bicyclic) bond motifs is 1. The first-order valence-electron chi connectivity index (χ1n) is 6.59. The van der Waals surface area contributed by atoms with Crippen LogP contribution in [0.25, 0.3) is 0 Å². The van der Waals surface area contributed by atoms with Crippen molar-refractivity contribution in [2.75, 3.05) is 13.1 Å². The largest absolute Gasteiger partial charge is 0.337 e. The van der Waals surface area contributed by atoms with E-state index in [-0.39, 0.29) is 11.5 Å². The van der Waals surface area contributed by atoms with E-state index in [1.165, 1.54) is 37.8 Å². The van der Waals surface area contributed by atoms with Gasteiger partial charge in [-0.1, -0.05) is 12.8 Å². The number of aromatic nitrogens is 2. The Hall–Kier alpha value is -1.65. The fraction of sp³-hybridized carbons (Fsp3) is 0.615. The van der Waals surface area contributed by atoms with Gasteiger partial charge >= 0.3 is 0 Å². The lowest BCUT2D eigenvalue weighted by molar-refractivity contribution is 0.0777. The van der Waals surface area contributed by atoms with Gasteiger partial charge in [0.15, 0.2) is 0 Å². The van der Waals surface area contributed by atoms with Crippen molar-refractivity contribution in [3.05, 3.63) is 28.2 Å². The van der Waals surface area contributed by atoms with Gasteiger partial charge in [-0.05, 0) is 30.7 Å². The molecule has 1 amide bonds. The van der Waals surface area contributed by atoms with Crippen LogP contribution in [0.5, 0.6) is 0 Å². The van der Waals surface area contributed by atoms with Crippen LogP contribution in [-0.2, 0) is 0 Å². The summed E-state index contributed by atoms with van der Waals surface area (Å²) in [6.07, 6.45) is 5.07. The summed E-state index contributed by atoms with van der Waals surface area (Å²) in [6, 6.07) is 2.85. The zero-order valence-electron chi connectivity index (χ0n) is 10.3. The van der Waals surface area contributed by atoms with E-state index in [2.05, 4.69) is 10.2 Å². The molecule has 0 aromatic carbocycles. The fourth-order valence-corrected chi connectivity index (χ4v) is 3.20. The van der Waals surface area contributed by atoms with Gasteiger partial charge in [-0.3, -0.25) is 9.59 Å². The highest BCUT2D eigenvalue weighted by molar-refractivity contribution is 5.92. The van der Waals surface area contributed by atoms with E-state index < -0.39 is 0 Å². The SMILES string of the molecule is O=C(c1ccc(=O)[nH]n1)N1CC2CCCCC2C1. The zero-order valence-corrected chi connectivity index (χ0v) is 10.3. The van der Waals surface area contributed by atoms with Crippen molar-refractivity contribution in [1.82, 2.24) is 15.1 Å². The van der Waals surface area contributed by atoms with Gasteiger partial charge in [-0.15, -0.1) is 0 Å². The summed E-state index contributed by atoms with van der Waals surface area (Å²) in [7, 11) is 0. The second-order valence-electron chi connectivity index (χ2n) is 5.32. The molecule has 1 aromatic heterocycles. The highest BCUT2D eigenvalue weighted by Crippen LogP contribution is 2.36. The maximum Gasteiger partial charge on any atom is 0.274 e. The molecule has 96 valence electrons. The van der Waals surface area contributed by atoms with Gasteiger partial charge in [0.1, 0.15) is 5.69 Å². The fourth-order valence-electron chi connectivity index (χ4n) is 3.20. The summed E-state index contributed by atoms with van der Waals surface area (Å²) in [4.78, 5) is 25.1. The lowest BCUT2D eigenvalue weighted by Crippen LogP contribution is -2.30. The number of likely N-dealkylation sites (tertiary alicyclic amines) is 1. The zero-order chi connectivity index (χ0) is 12.5. The Bertz CT molecular complexity index is 477. The van der Waals surface area contributed by atoms with Gasteiger partial charge in [0, 0.05) is 19.2 Å². The standard InChI is InChI=1S/C13H17N3O2/c17-12-6-5-11(14-15-12)13(18)16-7-9-3-1-2-4-10(9)8-16/h5-6,9-10H,1-4,7-8H2,(H,15,17). The third kappa shape index (κ3) is 2.05. The summed E-state index contributed by atoms with van der Waals surface area (Å²) < 4.78 is 0. The number of rotatable bonds is 1. The average molecular weight is 247 g/mol. The van der Waals surface area contributed by atoms with Crippen LogP contribution in [0.2, 0.25) is 0 Å². The molecule has 0 bridgehead atoms. The van der Waals surface area contributed by atoms with Crippen LogP contribution >= 0.6 is 0 Å². The normalized spacial score (nSPS) is 27.0. The molecule has 0 spiro atoms. The predicted molar refractivity (Wildman–Crippen MR) is 66.2 cm³/mol. The first kappa shape index (κ1) is 11.4. The van der Waals surface area contributed by atoms with E-state index in [4.69, 9.17) is 0 Å². The van der Waals surface area contributed by atoms with E-state index in [1.807, 2.05) is 4.90 Å². The van der Waals surface area contributed by atoms with E-state index in [0.717, 1.165) is 13.1 Å². The van der Waals surface area contributed by atoms with Crippen molar-refractivity contribution in [1.29, 1.82) is 0 Å². The number of H-pyrrole nitrogens is 1. The predicted octanol–water partition coefficient (Wildman–Crippen LogP) is 1.03. The Kier molecular flexibility index (Phi) is 2.89. The van der Waals surface area contributed by atoms with Crippen LogP contribution in [0.3, 0.4) is 0 Å². The molecule has 0 radical (unpaired) electrons. The van der Waals surface area contributed by atoms with Gasteiger partial charge in [0.25, 0.3) is 11.5 Å². The third-order valence-electron chi connectivity index (χ3n) is 4.16. The molecule has 1 aliphatic heterocycles. The van der Waals surface area contributed by atoms with Gasteiger partial charge in [0.05, 0.1) is 0 Å². The maximum atomic E-state index is 12.2. The number of carbonyl (C=O) groups is 1. The smallest absolute Gasteiger partial charge is 0.274 e. The lowest BCUT2D eigenvalue weighted by Gasteiger charge is -2.22. The minimum atomic E-state index is -0.276. The van der Waals surface area contributed by atoms with Gasteiger partial charge < -0.3 is 4.90 Å². The first-order chi connectivity index (χ1) is 8.74. The molecular weight excluding hydrogens is 230 g/mol. The van der Waals surface area contributed by atoms with Crippen LogP contribution in [0.15, 0.2) is 16.9 Å². The molecule has 5 heteroatoms. The molecule has 2 heterocycles. The van der Waals surface area contributed by atoms with E-state index in [1.54, 1.807) is 0 Å². The van der Waals surface area contributed by atoms with Crippen molar-refractivity contribution in [3.8, 4) is 0 Å². The first-order valence-corrected chi connectivity index (χ1v) is 6.59. The van der Waals surface area contributed by atoms with Crippen LogP contribution in [0.1, 0.15) is 36.2 Å². The molecule has 18 heavy (non-hydrogen) atoms. The molecule has 5 nitrogen and oxygen atoms in total. The molecule has 1 aromatic rings. The highest BCUT2D eigenvalue weighted by atomic mass is 16.2. The van der Waals surface area contributed by atoms with Gasteiger partial charge in [-0.25, -0.2) is 5.10 Å². The molecule has 3 rings (SSSR count). The molecule has 1 saturated heterocycles. The second kappa shape index (κ2) is 4.55. The molecule has 1 N–H and O–H groups in total. The molecule has 2 aliphatic rings. The molecule has 2 atom stereocenters. The number of hydrogen-bond donors (Lipinski definition) is 1. The number of hydrogen-bond acceptors (Lipinski definition) is 3. The van der Waals surface area contributed by atoms with Crippen molar-refractivity contribution in [2.24, 2.45) is 11.8 Å². The van der Waals surface area contributed by atoms with Crippen molar-refractivity contribution in [3.63, 3.8) is 0 Å². The molecule has 2 fully saturated rings. The number of amides is 1. The Morgan fingerprint density at radius 1 is 1.22 bits per heavy atom. The minimum absolute atomic E-state index is 0.0550. The monoisotopic (exact) mass is 247 g/mol. The topological polar surface area (TPSA) is 66.1 Å². The number of carbonyl (C=O) groups excluding carboxylic acids is 1. The maximum absolute atomic E-state index is 12.2. The van der Waals surface area contributed by atoms with Crippen molar-refractivity contribution >= 4 is 5.91 Å². The Labute approximate surface area is 105 Å². The summed E-state index contributed by atoms with van der Waals surface area (Å²) in [5.41, 5.74) is 0.0647. The van der Waals surface area contributed by atoms with Crippen LogP contribution in [0, 0.1) is 11.8 Å². The quantitative estimate of drug-likeness (QED) is 0.806. The van der Waals surface area contributed by atoms with Crippen LogP contribution < -0.4 is 5.56 Å². The van der Waals surface area contributed by atoms with Crippen LogP contribution in [0.4, 0.5) is 0 Å². The molecule has 1 saturated carbocycles. The van der Waals surface area contributed by atoms with Crippen molar-refractivity contribution in [2.45, 2.75) is 25.7 Å². The summed E-state index contributed by atoms with van der Waals surface area (Å²) in [6.45, 7) is 1.70. The van der Waals surface area contributed by atoms with E-state index in [9.17, 15) is 9.59 Å². The van der Waals surface area contributed by atoms with Gasteiger partial charge in [0.2, 0.25) is 0 Å². The molecule has 2 unspecified atom stereocenters. The van der Waals surface area contributed by atoms with Crippen molar-refractivity contribution < 1.29 is 4.79 Å². The van der Waals surface area contributed by atoms with Crippen LogP contribution in [-0.4, -0.2) is 34.1 Å². The molecular formula is C13H17N3O2. The van der Waals surface area contributed by atoms with E-state index in [0.29, 0.717) is 17.5 Å². The summed E-state index contributed by atoms with van der Waals surface area (Å²) >= 11 is 0. The highest BCUT2D eigenvalue weighted by Gasteiger charge is 2.36. The number of aromatic amines is 1. The molecule has 1 aliphatic carbocycles. The number of nitrogens with zero attached hydrogens (tertiary/aromatic N) is 2. The van der Waals surface area contributed by atoms with Gasteiger partial charge in [-0.2, -0.15) is 5.10 Å². The Morgan fingerprint density at radius 2 is 1.89 bits per heavy atom. The third-order valence-corrected chi connectivity index (χ3v) is 4.16. The Balaban J connectivity index is 1.74. The van der Waals surface area contributed by atoms with E-state index >= 15 is 0 Å². The summed E-state index contributed by atoms with van der Waals surface area (Å²) in [5, 5.41) is 6.13. The second-order valence-corrected chi connectivity index (χ2v) is 5.32.